The van der Waals surface area contributed by atoms with Crippen molar-refractivity contribution in [3.63, 3.8) is 0 Å². The summed E-state index contributed by atoms with van der Waals surface area (Å²) in [5.74, 6) is -7.68. The van der Waals surface area contributed by atoms with Gasteiger partial charge in [-0.2, -0.15) is 0 Å². The van der Waals surface area contributed by atoms with Gasteiger partial charge in [0.25, 0.3) is 0 Å². The molecule has 0 rings (SSSR count). The summed E-state index contributed by atoms with van der Waals surface area (Å²) in [6, 6.07) is 0. The molecule has 16 nitrogen and oxygen atoms in total. The van der Waals surface area contributed by atoms with E-state index >= 15 is 0 Å². The first-order chi connectivity index (χ1) is 22.3. The van der Waals surface area contributed by atoms with Gasteiger partial charge in [-0.25, -0.2) is 0 Å². The molecule has 0 aromatic rings. The maximum Gasteiger partial charge on any atom is 0.222 e. The second kappa shape index (κ2) is 23.1. The fraction of sp³-hybridized carbons (Fsp3) is 0.742. The highest BCUT2D eigenvalue weighted by molar-refractivity contribution is 5.86. The van der Waals surface area contributed by atoms with Crippen molar-refractivity contribution in [3.8, 4) is 0 Å². The molecule has 0 aliphatic rings. The van der Waals surface area contributed by atoms with Crippen LogP contribution in [0.25, 0.3) is 0 Å². The van der Waals surface area contributed by atoms with Gasteiger partial charge < -0.3 is 42.5 Å². The summed E-state index contributed by atoms with van der Waals surface area (Å²) in [6.45, 7) is 0. The number of carbonyl (C=O) groups excluding carboxylic acids is 8. The van der Waals surface area contributed by atoms with E-state index in [1.54, 1.807) is 0 Å². The quantitative estimate of drug-likeness (QED) is 0.0652. The zero-order valence-corrected chi connectivity index (χ0v) is 29.1. The van der Waals surface area contributed by atoms with Crippen LogP contribution in [0, 0.1) is 35.5 Å². The van der Waals surface area contributed by atoms with Crippen molar-refractivity contribution in [2.75, 3.05) is 56.4 Å². The summed E-state index contributed by atoms with van der Waals surface area (Å²) in [6.07, 6.45) is 0.517. The second-order valence-electron chi connectivity index (χ2n) is 11.5. The lowest BCUT2D eigenvalue weighted by molar-refractivity contribution is -0.131. The molecule has 0 aromatic heterocycles. The first kappa shape index (κ1) is 42.8. The van der Waals surface area contributed by atoms with Crippen LogP contribution in [0.2, 0.25) is 0 Å². The lowest BCUT2D eigenvalue weighted by Gasteiger charge is -2.29. The van der Waals surface area contributed by atoms with E-state index < -0.39 is 59.1 Å². The third-order valence-electron chi connectivity index (χ3n) is 8.55. The summed E-state index contributed by atoms with van der Waals surface area (Å²) in [5.41, 5.74) is 0. The van der Waals surface area contributed by atoms with Crippen LogP contribution in [-0.2, 0) is 38.4 Å². The molecule has 8 amide bonds. The molecule has 47 heavy (non-hydrogen) atoms. The molecule has 0 aromatic carbocycles. The third-order valence-corrected chi connectivity index (χ3v) is 8.55. The minimum atomic E-state index is -0.873. The summed E-state index contributed by atoms with van der Waals surface area (Å²) < 4.78 is 0. The van der Waals surface area contributed by atoms with Gasteiger partial charge in [0.1, 0.15) is 0 Å². The molecule has 268 valence electrons. The normalized spacial score (nSPS) is 14.5. The molecule has 6 unspecified atom stereocenters. The Balaban J connectivity index is 6.42. The van der Waals surface area contributed by atoms with Crippen LogP contribution in [0.4, 0.5) is 0 Å². The fourth-order valence-electron chi connectivity index (χ4n) is 5.76. The number of hydrogen-bond donors (Lipinski definition) is 8. The maximum atomic E-state index is 13.2. The number of amides is 8. The molecule has 0 heterocycles. The van der Waals surface area contributed by atoms with Crippen LogP contribution in [0.1, 0.15) is 57.8 Å². The Morgan fingerprint density at radius 1 is 0.319 bits per heavy atom. The van der Waals surface area contributed by atoms with Crippen molar-refractivity contribution in [3.05, 3.63) is 0 Å². The number of rotatable bonds is 22. The van der Waals surface area contributed by atoms with E-state index in [4.69, 9.17) is 0 Å². The Kier molecular flexibility index (Phi) is 21.0. The van der Waals surface area contributed by atoms with Gasteiger partial charge in [-0.1, -0.05) is 0 Å². The van der Waals surface area contributed by atoms with E-state index in [1.165, 1.54) is 56.4 Å². The Labute approximate surface area is 277 Å². The van der Waals surface area contributed by atoms with Crippen molar-refractivity contribution in [2.45, 2.75) is 57.8 Å². The van der Waals surface area contributed by atoms with E-state index in [1.807, 2.05) is 0 Å². The van der Waals surface area contributed by atoms with Gasteiger partial charge in [0, 0.05) is 105 Å². The fourth-order valence-corrected chi connectivity index (χ4v) is 5.76. The summed E-state index contributed by atoms with van der Waals surface area (Å²) >= 11 is 0. The minimum absolute atomic E-state index is 0.0159. The van der Waals surface area contributed by atoms with Crippen LogP contribution in [0.5, 0.6) is 0 Å². The molecule has 6 atom stereocenters. The highest BCUT2D eigenvalue weighted by Crippen LogP contribution is 2.32. The summed E-state index contributed by atoms with van der Waals surface area (Å²) in [7, 11) is 11.6. The molecule has 0 aliphatic carbocycles. The monoisotopic (exact) mass is 668 g/mol. The van der Waals surface area contributed by atoms with E-state index in [0.29, 0.717) is 0 Å². The van der Waals surface area contributed by atoms with Gasteiger partial charge >= 0.3 is 0 Å². The second-order valence-corrected chi connectivity index (χ2v) is 11.5. The van der Waals surface area contributed by atoms with Gasteiger partial charge in [0.05, 0.1) is 0 Å². The third kappa shape index (κ3) is 15.3. The average molecular weight is 669 g/mol. The SMILES string of the molecule is CNC(=O)CCC(CC(CC(CC(CC(CC(CCC(=O)NC)C(=O)NC)C(=O)NC)C(=O)NC)C(=O)NC)C(=O)NC)C(=O)NC. The Bertz CT molecular complexity index is 1000. The molecule has 0 saturated heterocycles. The summed E-state index contributed by atoms with van der Waals surface area (Å²) in [5, 5.41) is 20.5. The molecular formula is C31H56N8O8. The molecule has 0 saturated carbocycles. The molecule has 8 N–H and O–H groups in total. The molecule has 0 fully saturated rings. The van der Waals surface area contributed by atoms with Crippen LogP contribution in [-0.4, -0.2) is 104 Å². The number of carbonyl (C=O) groups is 8. The van der Waals surface area contributed by atoms with Crippen LogP contribution >= 0.6 is 0 Å². The van der Waals surface area contributed by atoms with E-state index in [0.717, 1.165) is 0 Å². The lowest BCUT2D eigenvalue weighted by Crippen LogP contribution is -2.41. The average Bonchev–Trinajstić information content (AvgIpc) is 3.09. The van der Waals surface area contributed by atoms with E-state index in [9.17, 15) is 38.4 Å². The van der Waals surface area contributed by atoms with E-state index in [2.05, 4.69) is 42.5 Å². The topological polar surface area (TPSA) is 233 Å². The van der Waals surface area contributed by atoms with Crippen LogP contribution in [0.3, 0.4) is 0 Å². The first-order valence-electron chi connectivity index (χ1n) is 16.0. The smallest absolute Gasteiger partial charge is 0.222 e. The van der Waals surface area contributed by atoms with Crippen molar-refractivity contribution < 1.29 is 38.4 Å². The molecule has 0 bridgehead atoms. The molecule has 16 heteroatoms. The molecule has 0 aliphatic heterocycles. The predicted molar refractivity (Wildman–Crippen MR) is 175 cm³/mol. The van der Waals surface area contributed by atoms with E-state index in [-0.39, 0.29) is 81.4 Å². The van der Waals surface area contributed by atoms with Crippen molar-refractivity contribution >= 4 is 47.3 Å². The standard InChI is InChI=1S/C31H56N8O8/c1-32-24(40)11-9-18(26(42)34-3)13-20(28(44)36-5)15-22(30(46)38-7)17-23(31(47)39-8)16-21(29(45)37-6)14-19(27(43)35-4)10-12-25(41)33-2/h18-23H,9-17H2,1-8H3,(H,32,40)(H,33,41)(H,34,42)(H,35,43)(H,36,44)(H,37,45)(H,38,46)(H,39,47). The summed E-state index contributed by atoms with van der Waals surface area (Å²) in [4.78, 5) is 102. The predicted octanol–water partition coefficient (Wildman–Crippen LogP) is -1.84. The van der Waals surface area contributed by atoms with Gasteiger partial charge in [-0.15, -0.1) is 0 Å². The molecular weight excluding hydrogens is 612 g/mol. The largest absolute Gasteiger partial charge is 0.359 e. The molecule has 0 radical (unpaired) electrons. The zero-order chi connectivity index (χ0) is 36.1. The van der Waals surface area contributed by atoms with Gasteiger partial charge in [0.15, 0.2) is 0 Å². The number of nitrogens with one attached hydrogen (secondary N) is 8. The van der Waals surface area contributed by atoms with Gasteiger partial charge in [-0.05, 0) is 44.9 Å². The van der Waals surface area contributed by atoms with Gasteiger partial charge in [0.2, 0.25) is 47.3 Å². The minimum Gasteiger partial charge on any atom is -0.359 e. The van der Waals surface area contributed by atoms with Crippen molar-refractivity contribution in [1.29, 1.82) is 0 Å². The highest BCUT2D eigenvalue weighted by Gasteiger charge is 2.36. The lowest BCUT2D eigenvalue weighted by atomic mass is 9.77. The van der Waals surface area contributed by atoms with Crippen LogP contribution in [0.15, 0.2) is 0 Å². The maximum absolute atomic E-state index is 13.2. The van der Waals surface area contributed by atoms with Gasteiger partial charge in [-0.3, -0.25) is 38.4 Å². The Morgan fingerprint density at radius 3 is 0.702 bits per heavy atom. The highest BCUT2D eigenvalue weighted by atomic mass is 16.2. The van der Waals surface area contributed by atoms with Crippen molar-refractivity contribution in [2.24, 2.45) is 35.5 Å². The Morgan fingerprint density at radius 2 is 0.511 bits per heavy atom. The molecule has 0 spiro atoms. The number of hydrogen-bond acceptors (Lipinski definition) is 8. The first-order valence-corrected chi connectivity index (χ1v) is 16.0. The Hall–Kier alpha value is -4.24. The zero-order valence-electron chi connectivity index (χ0n) is 29.1. The van der Waals surface area contributed by atoms with Crippen molar-refractivity contribution in [1.82, 2.24) is 42.5 Å². The van der Waals surface area contributed by atoms with Crippen LogP contribution < -0.4 is 42.5 Å².